The second-order valence-electron chi connectivity index (χ2n) is 4.34. The van der Waals surface area contributed by atoms with Crippen LogP contribution in [0.1, 0.15) is 5.56 Å². The molecule has 0 fully saturated rings. The van der Waals surface area contributed by atoms with Crippen LogP contribution in [0.25, 0.3) is 11.2 Å². The summed E-state index contributed by atoms with van der Waals surface area (Å²) in [5.74, 6) is 0. The Balaban J connectivity index is 1.97. The van der Waals surface area contributed by atoms with Crippen LogP contribution in [0.4, 0.5) is 18.2 Å². The number of halogens is 3. The number of alkyl halides is 3. The fraction of sp³-hybridized carbons (Fsp3) is 0.182. The molecule has 7 nitrogen and oxygen atoms in total. The van der Waals surface area contributed by atoms with E-state index in [1.807, 2.05) is 0 Å². The van der Waals surface area contributed by atoms with E-state index in [9.17, 15) is 23.3 Å². The van der Waals surface area contributed by atoms with Crippen molar-refractivity contribution >= 4 is 39.3 Å². The maximum Gasteiger partial charge on any atom is 0.417 e. The maximum absolute atomic E-state index is 12.7. The number of imidazole rings is 1. The van der Waals surface area contributed by atoms with Crippen LogP contribution < -0.4 is 0 Å². The number of thiazole rings is 1. The van der Waals surface area contributed by atoms with Crippen LogP contribution in [0.15, 0.2) is 28.0 Å². The van der Waals surface area contributed by atoms with Gasteiger partial charge in [0.2, 0.25) is 0 Å². The molecule has 120 valence electrons. The molecular weight excluding hydrogens is 355 g/mol. The predicted octanol–water partition coefficient (Wildman–Crippen LogP) is 3.50. The molecule has 0 aliphatic heterocycles. The Labute approximate surface area is 134 Å². The quantitative estimate of drug-likeness (QED) is 0.524. The van der Waals surface area contributed by atoms with Gasteiger partial charge < -0.3 is 4.57 Å². The van der Waals surface area contributed by atoms with E-state index < -0.39 is 16.7 Å². The maximum atomic E-state index is 12.7. The third-order valence-corrected chi connectivity index (χ3v) is 4.90. The molecule has 0 amide bonds. The summed E-state index contributed by atoms with van der Waals surface area (Å²) in [6, 6.07) is 0.913. The van der Waals surface area contributed by atoms with Crippen LogP contribution in [-0.4, -0.2) is 24.4 Å². The second kappa shape index (κ2) is 5.45. The molecular formula is C11H6F3N5O2S2. The first-order valence-electron chi connectivity index (χ1n) is 5.93. The van der Waals surface area contributed by atoms with E-state index in [-0.39, 0.29) is 16.2 Å². The number of aryl methyl sites for hydroxylation is 1. The SMILES string of the molecule is Cn1c(Sc2ncc([N+](=O)[O-])s2)nc2cc(C(F)(F)F)cnc21. The third-order valence-electron chi connectivity index (χ3n) is 2.83. The summed E-state index contributed by atoms with van der Waals surface area (Å²) in [7, 11) is 1.60. The van der Waals surface area contributed by atoms with Gasteiger partial charge in [-0.05, 0) is 29.2 Å². The average molecular weight is 361 g/mol. The Morgan fingerprint density at radius 2 is 2.09 bits per heavy atom. The van der Waals surface area contributed by atoms with Crippen LogP contribution in [-0.2, 0) is 13.2 Å². The van der Waals surface area contributed by atoms with Crippen LogP contribution in [0.5, 0.6) is 0 Å². The first-order valence-corrected chi connectivity index (χ1v) is 7.57. The first-order chi connectivity index (χ1) is 10.8. The van der Waals surface area contributed by atoms with E-state index in [1.165, 1.54) is 4.57 Å². The summed E-state index contributed by atoms with van der Waals surface area (Å²) in [6.07, 6.45) is -2.63. The molecule has 0 saturated heterocycles. The van der Waals surface area contributed by atoms with Gasteiger partial charge >= 0.3 is 11.2 Å². The van der Waals surface area contributed by atoms with Gasteiger partial charge in [0.15, 0.2) is 15.1 Å². The molecule has 0 aliphatic carbocycles. The molecule has 3 aromatic heterocycles. The predicted molar refractivity (Wildman–Crippen MR) is 76.4 cm³/mol. The molecule has 0 atom stereocenters. The normalized spacial score (nSPS) is 12.0. The van der Waals surface area contributed by atoms with Crippen molar-refractivity contribution in [2.24, 2.45) is 7.05 Å². The van der Waals surface area contributed by atoms with Gasteiger partial charge in [-0.1, -0.05) is 0 Å². The van der Waals surface area contributed by atoms with Gasteiger partial charge in [0.25, 0.3) is 0 Å². The van der Waals surface area contributed by atoms with Gasteiger partial charge in [0.05, 0.1) is 10.5 Å². The minimum absolute atomic E-state index is 0.0934. The van der Waals surface area contributed by atoms with Crippen LogP contribution in [0, 0.1) is 10.1 Å². The molecule has 0 aliphatic rings. The molecule has 0 radical (unpaired) electrons. The molecule has 0 bridgehead atoms. The number of hydrogen-bond acceptors (Lipinski definition) is 7. The van der Waals surface area contributed by atoms with E-state index in [0.717, 1.165) is 41.6 Å². The summed E-state index contributed by atoms with van der Waals surface area (Å²) in [5.41, 5.74) is -0.507. The Hall–Kier alpha value is -2.21. The molecule has 0 spiro atoms. The highest BCUT2D eigenvalue weighted by atomic mass is 32.2. The molecule has 12 heteroatoms. The molecule has 23 heavy (non-hydrogen) atoms. The van der Waals surface area contributed by atoms with Gasteiger partial charge in [-0.15, -0.1) is 0 Å². The van der Waals surface area contributed by atoms with Crippen LogP contribution >= 0.6 is 23.1 Å². The Morgan fingerprint density at radius 1 is 1.35 bits per heavy atom. The van der Waals surface area contributed by atoms with Crippen LogP contribution in [0.2, 0.25) is 0 Å². The smallest absolute Gasteiger partial charge is 0.306 e. The van der Waals surface area contributed by atoms with Crippen molar-refractivity contribution in [3.63, 3.8) is 0 Å². The first kappa shape index (κ1) is 15.7. The molecule has 3 aromatic rings. The summed E-state index contributed by atoms with van der Waals surface area (Å²) in [5, 5.41) is 10.9. The minimum atomic E-state index is -4.50. The number of fused-ring (bicyclic) bond motifs is 1. The fourth-order valence-corrected chi connectivity index (χ4v) is 3.50. The Morgan fingerprint density at radius 3 is 2.70 bits per heavy atom. The largest absolute Gasteiger partial charge is 0.417 e. The van der Waals surface area contributed by atoms with Crippen molar-refractivity contribution in [2.45, 2.75) is 15.7 Å². The number of nitro groups is 1. The second-order valence-corrected chi connectivity index (χ2v) is 6.56. The monoisotopic (exact) mass is 361 g/mol. The Kier molecular flexibility index (Phi) is 3.72. The number of pyridine rings is 1. The lowest BCUT2D eigenvalue weighted by molar-refractivity contribution is -0.380. The van der Waals surface area contributed by atoms with Crippen molar-refractivity contribution in [3.05, 3.63) is 34.1 Å². The van der Waals surface area contributed by atoms with E-state index >= 15 is 0 Å². The van der Waals surface area contributed by atoms with E-state index in [4.69, 9.17) is 0 Å². The minimum Gasteiger partial charge on any atom is -0.306 e. The summed E-state index contributed by atoms with van der Waals surface area (Å²) >= 11 is 1.89. The molecule has 3 heterocycles. The number of nitrogens with zero attached hydrogens (tertiary/aromatic N) is 5. The molecule has 0 unspecified atom stereocenters. The standard InChI is InChI=1S/C11H6F3N5O2S2/c1-18-8-6(2-5(3-15-8)11(12,13)14)17-9(18)23-10-16-4-7(22-10)19(20)21/h2-4H,1H3. The number of hydrogen-bond donors (Lipinski definition) is 0. The fourth-order valence-electron chi connectivity index (χ4n) is 1.76. The van der Waals surface area contributed by atoms with E-state index in [1.54, 1.807) is 7.05 Å². The highest BCUT2D eigenvalue weighted by Crippen LogP contribution is 2.35. The van der Waals surface area contributed by atoms with Crippen molar-refractivity contribution in [1.82, 2.24) is 19.5 Å². The van der Waals surface area contributed by atoms with Crippen molar-refractivity contribution in [2.75, 3.05) is 0 Å². The van der Waals surface area contributed by atoms with Gasteiger partial charge in [-0.2, -0.15) is 13.2 Å². The molecule has 3 rings (SSSR count). The van der Waals surface area contributed by atoms with Gasteiger partial charge in [-0.25, -0.2) is 15.0 Å². The lowest BCUT2D eigenvalue weighted by Crippen LogP contribution is -2.05. The van der Waals surface area contributed by atoms with Gasteiger partial charge in [-0.3, -0.25) is 10.1 Å². The number of rotatable bonds is 3. The highest BCUT2D eigenvalue weighted by molar-refractivity contribution is 8.01. The lowest BCUT2D eigenvalue weighted by Gasteiger charge is -2.04. The van der Waals surface area contributed by atoms with Crippen LogP contribution in [0.3, 0.4) is 0 Å². The summed E-state index contributed by atoms with van der Waals surface area (Å²) in [4.78, 5) is 21.8. The summed E-state index contributed by atoms with van der Waals surface area (Å²) in [6.45, 7) is 0. The molecule has 0 aromatic carbocycles. The topological polar surface area (TPSA) is 86.7 Å². The highest BCUT2D eigenvalue weighted by Gasteiger charge is 2.31. The van der Waals surface area contributed by atoms with Gasteiger partial charge in [0, 0.05) is 13.2 Å². The molecule has 0 saturated carbocycles. The zero-order valence-corrected chi connectivity index (χ0v) is 12.9. The number of aromatic nitrogens is 4. The average Bonchev–Trinajstić information content (AvgIpc) is 3.04. The van der Waals surface area contributed by atoms with E-state index in [0.29, 0.717) is 9.50 Å². The molecule has 0 N–H and O–H groups in total. The van der Waals surface area contributed by atoms with Crippen molar-refractivity contribution in [3.8, 4) is 0 Å². The Bertz CT molecular complexity index is 905. The van der Waals surface area contributed by atoms with Crippen molar-refractivity contribution < 1.29 is 18.1 Å². The third kappa shape index (κ3) is 2.99. The van der Waals surface area contributed by atoms with E-state index in [2.05, 4.69) is 15.0 Å². The van der Waals surface area contributed by atoms with Gasteiger partial charge in [0.1, 0.15) is 11.7 Å². The lowest BCUT2D eigenvalue weighted by atomic mass is 10.2. The summed E-state index contributed by atoms with van der Waals surface area (Å²) < 4.78 is 40.0. The zero-order chi connectivity index (χ0) is 16.8. The zero-order valence-electron chi connectivity index (χ0n) is 11.2. The van der Waals surface area contributed by atoms with Crippen molar-refractivity contribution in [1.29, 1.82) is 0 Å².